The number of unbranched alkanes of at least 4 members (excludes halogenated alkanes) is 1. The number of hydrogen-bond acceptors (Lipinski definition) is 6. The fourth-order valence-electron chi connectivity index (χ4n) is 3.69. The normalized spacial score (nSPS) is 13.9. The fraction of sp³-hybridized carbons (Fsp3) is 0.500. The van der Waals surface area contributed by atoms with Gasteiger partial charge < -0.3 is 10.4 Å². The van der Waals surface area contributed by atoms with Gasteiger partial charge in [0.1, 0.15) is 17.4 Å². The van der Waals surface area contributed by atoms with E-state index >= 15 is 0 Å². The summed E-state index contributed by atoms with van der Waals surface area (Å²) >= 11 is 6.37. The molecule has 1 aliphatic heterocycles. The van der Waals surface area contributed by atoms with Crippen molar-refractivity contribution in [1.29, 1.82) is 0 Å². The van der Waals surface area contributed by atoms with E-state index in [1.807, 2.05) is 6.07 Å². The standard InChI is InChI=1S/C22H27ClN4O3/c1-14-25-12-17(13-26-14)16(11-21(29)30)9-18(28)6-2-3-7-20-19(23)10-15-5-4-8-24-22(15)27-20/h10,12-13,16H,2-9,11H2,1H3,(H,24,27)(H,29,30)/t16-/m1/s1. The highest BCUT2D eigenvalue weighted by Crippen LogP contribution is 2.27. The van der Waals surface area contributed by atoms with E-state index in [0.29, 0.717) is 35.7 Å². The van der Waals surface area contributed by atoms with Crippen molar-refractivity contribution in [3.63, 3.8) is 0 Å². The third-order valence-corrected chi connectivity index (χ3v) is 5.66. The zero-order chi connectivity index (χ0) is 21.5. The van der Waals surface area contributed by atoms with Crippen LogP contribution in [0, 0.1) is 6.92 Å². The van der Waals surface area contributed by atoms with E-state index in [2.05, 4.69) is 20.3 Å². The van der Waals surface area contributed by atoms with Crippen LogP contribution in [0.5, 0.6) is 0 Å². The molecule has 0 fully saturated rings. The summed E-state index contributed by atoms with van der Waals surface area (Å²) in [6.07, 6.45) is 8.01. The Morgan fingerprint density at radius 3 is 2.73 bits per heavy atom. The van der Waals surface area contributed by atoms with Gasteiger partial charge in [-0.3, -0.25) is 9.59 Å². The van der Waals surface area contributed by atoms with Gasteiger partial charge in [-0.1, -0.05) is 11.6 Å². The molecule has 0 bridgehead atoms. The van der Waals surface area contributed by atoms with Gasteiger partial charge in [0, 0.05) is 37.7 Å². The first kappa shape index (κ1) is 22.2. The predicted octanol–water partition coefficient (Wildman–Crippen LogP) is 4.12. The number of pyridine rings is 1. The summed E-state index contributed by atoms with van der Waals surface area (Å²) in [5, 5.41) is 13.2. The summed E-state index contributed by atoms with van der Waals surface area (Å²) in [5.41, 5.74) is 2.71. The molecular weight excluding hydrogens is 404 g/mol. The van der Waals surface area contributed by atoms with Crippen LogP contribution in [0.2, 0.25) is 5.02 Å². The minimum atomic E-state index is -0.935. The summed E-state index contributed by atoms with van der Waals surface area (Å²) in [4.78, 5) is 36.6. The number of carboxylic acids is 1. The van der Waals surface area contributed by atoms with E-state index in [1.165, 1.54) is 0 Å². The van der Waals surface area contributed by atoms with Crippen LogP contribution in [-0.2, 0) is 22.4 Å². The van der Waals surface area contributed by atoms with Crippen molar-refractivity contribution in [2.75, 3.05) is 11.9 Å². The molecule has 8 heteroatoms. The Kier molecular flexibility index (Phi) is 7.74. The highest BCUT2D eigenvalue weighted by atomic mass is 35.5. The quantitative estimate of drug-likeness (QED) is 0.546. The van der Waals surface area contributed by atoms with E-state index in [4.69, 9.17) is 11.6 Å². The van der Waals surface area contributed by atoms with E-state index in [-0.39, 0.29) is 18.6 Å². The molecule has 160 valence electrons. The first-order valence-corrected chi connectivity index (χ1v) is 10.7. The number of carboxylic acid groups (broad SMARTS) is 1. The molecule has 0 spiro atoms. The topological polar surface area (TPSA) is 105 Å². The minimum Gasteiger partial charge on any atom is -0.481 e. The lowest BCUT2D eigenvalue weighted by atomic mass is 9.91. The summed E-state index contributed by atoms with van der Waals surface area (Å²) in [5.74, 6) is 0.249. The Balaban J connectivity index is 1.50. The molecular formula is C22H27ClN4O3. The summed E-state index contributed by atoms with van der Waals surface area (Å²) in [7, 11) is 0. The molecule has 7 nitrogen and oxygen atoms in total. The molecule has 0 aromatic carbocycles. The molecule has 2 N–H and O–H groups in total. The first-order valence-electron chi connectivity index (χ1n) is 10.4. The third-order valence-electron chi connectivity index (χ3n) is 5.33. The highest BCUT2D eigenvalue weighted by Gasteiger charge is 2.20. The van der Waals surface area contributed by atoms with Crippen molar-refractivity contribution in [3.8, 4) is 0 Å². The lowest BCUT2D eigenvalue weighted by Gasteiger charge is -2.18. The number of fused-ring (bicyclic) bond motifs is 1. The number of nitrogens with one attached hydrogen (secondary N) is 1. The van der Waals surface area contributed by atoms with Gasteiger partial charge >= 0.3 is 5.97 Å². The largest absolute Gasteiger partial charge is 0.481 e. The molecule has 3 heterocycles. The van der Waals surface area contributed by atoms with E-state index in [0.717, 1.165) is 42.9 Å². The SMILES string of the molecule is Cc1ncc([C@@H](CC(=O)O)CC(=O)CCCCc2nc3c(cc2Cl)CCCN3)cn1. The Bertz CT molecular complexity index is 902. The number of aliphatic carboxylic acids is 1. The average molecular weight is 431 g/mol. The van der Waals surface area contributed by atoms with Gasteiger partial charge in [-0.25, -0.2) is 15.0 Å². The van der Waals surface area contributed by atoms with Gasteiger partial charge in [-0.2, -0.15) is 0 Å². The van der Waals surface area contributed by atoms with Crippen molar-refractivity contribution in [2.24, 2.45) is 0 Å². The number of carbonyl (C=O) groups excluding carboxylic acids is 1. The highest BCUT2D eigenvalue weighted by molar-refractivity contribution is 6.31. The molecule has 0 aliphatic carbocycles. The van der Waals surface area contributed by atoms with Crippen LogP contribution in [0.3, 0.4) is 0 Å². The number of carbonyl (C=O) groups is 2. The summed E-state index contributed by atoms with van der Waals surface area (Å²) < 4.78 is 0. The van der Waals surface area contributed by atoms with Crippen molar-refractivity contribution in [2.45, 2.75) is 64.2 Å². The second-order valence-electron chi connectivity index (χ2n) is 7.76. The molecule has 0 saturated heterocycles. The second-order valence-corrected chi connectivity index (χ2v) is 8.17. The molecule has 1 atom stereocenters. The van der Waals surface area contributed by atoms with Crippen LogP contribution in [-0.4, -0.2) is 38.4 Å². The van der Waals surface area contributed by atoms with Crippen LogP contribution in [0.4, 0.5) is 5.82 Å². The molecule has 0 unspecified atom stereocenters. The van der Waals surface area contributed by atoms with Gasteiger partial charge in [0.2, 0.25) is 0 Å². The van der Waals surface area contributed by atoms with Crippen LogP contribution >= 0.6 is 11.6 Å². The van der Waals surface area contributed by atoms with Gasteiger partial charge in [0.25, 0.3) is 0 Å². The molecule has 0 radical (unpaired) electrons. The number of nitrogens with zero attached hydrogens (tertiary/aromatic N) is 3. The van der Waals surface area contributed by atoms with Gasteiger partial charge in [-0.05, 0) is 56.2 Å². The summed E-state index contributed by atoms with van der Waals surface area (Å²) in [6.45, 7) is 2.69. The maximum absolute atomic E-state index is 12.5. The van der Waals surface area contributed by atoms with E-state index in [1.54, 1.807) is 19.3 Å². The average Bonchev–Trinajstić information content (AvgIpc) is 2.71. The van der Waals surface area contributed by atoms with Crippen molar-refractivity contribution < 1.29 is 14.7 Å². The monoisotopic (exact) mass is 430 g/mol. The zero-order valence-electron chi connectivity index (χ0n) is 17.2. The number of aryl methyl sites for hydroxylation is 3. The predicted molar refractivity (Wildman–Crippen MR) is 115 cm³/mol. The maximum Gasteiger partial charge on any atom is 0.303 e. The summed E-state index contributed by atoms with van der Waals surface area (Å²) in [6, 6.07) is 2.00. The maximum atomic E-state index is 12.5. The number of Topliss-reactive ketones (excluding diaryl/α,β-unsaturated/α-hetero) is 1. The fourth-order valence-corrected chi connectivity index (χ4v) is 3.96. The second kappa shape index (κ2) is 10.5. The van der Waals surface area contributed by atoms with Crippen LogP contribution < -0.4 is 5.32 Å². The zero-order valence-corrected chi connectivity index (χ0v) is 17.9. The Hall–Kier alpha value is -2.54. The molecule has 0 saturated carbocycles. The molecule has 3 rings (SSSR count). The Morgan fingerprint density at radius 1 is 1.23 bits per heavy atom. The minimum absolute atomic E-state index is 0.0491. The molecule has 2 aromatic rings. The molecule has 1 aliphatic rings. The van der Waals surface area contributed by atoms with E-state index in [9.17, 15) is 14.7 Å². The van der Waals surface area contributed by atoms with Crippen molar-refractivity contribution in [1.82, 2.24) is 15.0 Å². The number of anilines is 1. The Labute approximate surface area is 181 Å². The number of hydrogen-bond donors (Lipinski definition) is 2. The van der Waals surface area contributed by atoms with Crippen molar-refractivity contribution >= 4 is 29.2 Å². The number of aromatic nitrogens is 3. The third kappa shape index (κ3) is 6.23. The van der Waals surface area contributed by atoms with Gasteiger partial charge in [0.05, 0.1) is 17.1 Å². The smallest absolute Gasteiger partial charge is 0.303 e. The van der Waals surface area contributed by atoms with Gasteiger partial charge in [-0.15, -0.1) is 0 Å². The van der Waals surface area contributed by atoms with E-state index < -0.39 is 11.9 Å². The molecule has 30 heavy (non-hydrogen) atoms. The lowest BCUT2D eigenvalue weighted by molar-refractivity contribution is -0.137. The van der Waals surface area contributed by atoms with Crippen LogP contribution in [0.1, 0.15) is 67.1 Å². The number of halogens is 1. The first-order chi connectivity index (χ1) is 14.4. The van der Waals surface area contributed by atoms with Crippen molar-refractivity contribution in [3.05, 3.63) is 46.1 Å². The lowest BCUT2D eigenvalue weighted by Crippen LogP contribution is -2.14. The molecule has 0 amide bonds. The number of rotatable bonds is 10. The van der Waals surface area contributed by atoms with Crippen LogP contribution in [0.15, 0.2) is 18.5 Å². The Morgan fingerprint density at radius 2 is 2.00 bits per heavy atom. The van der Waals surface area contributed by atoms with Gasteiger partial charge in [0.15, 0.2) is 0 Å². The van der Waals surface area contributed by atoms with Crippen LogP contribution in [0.25, 0.3) is 0 Å². The number of ketones is 1. The molecule has 2 aromatic heterocycles.